The number of benzene rings is 2. The van der Waals surface area contributed by atoms with Crippen LogP contribution in [0, 0.1) is 0 Å². The van der Waals surface area contributed by atoms with Gasteiger partial charge in [0.2, 0.25) is 12.6 Å². The number of hydrogen-bond acceptors (Lipinski definition) is 10. The van der Waals surface area contributed by atoms with Crippen molar-refractivity contribution in [3.05, 3.63) is 36.4 Å². The molecule has 10 nitrogen and oxygen atoms in total. The van der Waals surface area contributed by atoms with Crippen LogP contribution >= 0.6 is 0 Å². The summed E-state index contributed by atoms with van der Waals surface area (Å²) in [6.45, 7) is -0.375. The van der Waals surface area contributed by atoms with Gasteiger partial charge in [-0.1, -0.05) is 24.3 Å². The molecular formula is C20H24O10. The normalized spacial score (nSPS) is 37.1. The smallest absolute Gasteiger partial charge is 0.228 e. The average Bonchev–Trinajstić information content (AvgIpc) is 2.75. The van der Waals surface area contributed by atoms with Crippen molar-refractivity contribution in [2.24, 2.45) is 0 Å². The Bertz CT molecular complexity index is 805. The van der Waals surface area contributed by atoms with E-state index in [4.69, 9.17) is 18.9 Å². The van der Waals surface area contributed by atoms with E-state index in [1.165, 1.54) is 0 Å². The van der Waals surface area contributed by atoms with Crippen molar-refractivity contribution < 1.29 is 49.6 Å². The molecule has 2 aromatic carbocycles. The lowest BCUT2D eigenvalue weighted by molar-refractivity contribution is -0.241. The van der Waals surface area contributed by atoms with Crippen LogP contribution in [0.4, 0.5) is 0 Å². The highest BCUT2D eigenvalue weighted by molar-refractivity contribution is 5.93. The molecule has 0 unspecified atom stereocenters. The number of rotatable bonds is 4. The molecule has 2 aromatic rings. The topological polar surface area (TPSA) is 158 Å². The van der Waals surface area contributed by atoms with Crippen molar-refractivity contribution in [2.45, 2.75) is 49.2 Å². The molecule has 2 heterocycles. The van der Waals surface area contributed by atoms with Crippen LogP contribution in [0.3, 0.4) is 0 Å². The first-order valence-electron chi connectivity index (χ1n) is 9.53. The molecule has 30 heavy (non-hydrogen) atoms. The van der Waals surface area contributed by atoms with Crippen LogP contribution in [0.2, 0.25) is 0 Å². The number of ether oxygens (including phenoxy) is 4. The van der Waals surface area contributed by atoms with E-state index >= 15 is 0 Å². The summed E-state index contributed by atoms with van der Waals surface area (Å²) in [6, 6.07) is 10.1. The molecule has 4 rings (SSSR count). The average molecular weight is 424 g/mol. The maximum Gasteiger partial charge on any atom is 0.228 e. The van der Waals surface area contributed by atoms with Crippen molar-refractivity contribution in [1.29, 1.82) is 0 Å². The minimum absolute atomic E-state index is 0.187. The summed E-state index contributed by atoms with van der Waals surface area (Å²) in [7, 11) is 0. The Morgan fingerprint density at radius 2 is 1.00 bits per heavy atom. The molecule has 0 spiro atoms. The molecule has 0 aromatic heterocycles. The van der Waals surface area contributed by atoms with Gasteiger partial charge in [-0.3, -0.25) is 0 Å². The number of fused-ring (bicyclic) bond motifs is 1. The first-order chi connectivity index (χ1) is 14.4. The number of aliphatic hydroxyl groups is 6. The second-order valence-corrected chi connectivity index (χ2v) is 7.34. The van der Waals surface area contributed by atoms with Crippen molar-refractivity contribution in [1.82, 2.24) is 0 Å². The van der Waals surface area contributed by atoms with Crippen LogP contribution < -0.4 is 9.47 Å². The lowest BCUT2D eigenvalue weighted by atomic mass is 10.0. The van der Waals surface area contributed by atoms with Crippen LogP contribution in [0.15, 0.2) is 36.4 Å². The third-order valence-electron chi connectivity index (χ3n) is 5.24. The predicted octanol–water partition coefficient (Wildman–Crippen LogP) is -1.52. The second kappa shape index (κ2) is 8.61. The molecule has 2 aliphatic rings. The third-order valence-corrected chi connectivity index (χ3v) is 5.24. The van der Waals surface area contributed by atoms with Gasteiger partial charge in [0.1, 0.15) is 48.1 Å². The van der Waals surface area contributed by atoms with Gasteiger partial charge in [0.25, 0.3) is 0 Å². The molecule has 0 bridgehead atoms. The molecule has 0 amide bonds. The molecule has 164 valence electrons. The summed E-state index contributed by atoms with van der Waals surface area (Å²) in [4.78, 5) is 0. The number of hydrogen-bond donors (Lipinski definition) is 6. The lowest BCUT2D eigenvalue weighted by Crippen LogP contribution is -2.54. The monoisotopic (exact) mass is 424 g/mol. The van der Waals surface area contributed by atoms with E-state index in [1.807, 2.05) is 0 Å². The highest BCUT2D eigenvalue weighted by atomic mass is 16.7. The predicted molar refractivity (Wildman–Crippen MR) is 101 cm³/mol. The SMILES string of the molecule is O[C@@H]1[C@@H](O)[C@H](Oc2cccc3c(O[C@@H]4OC[C@@H](O)[C@H](O)[C@H]4O)cccc23)OC[C@H]1O. The van der Waals surface area contributed by atoms with Crippen molar-refractivity contribution in [3.63, 3.8) is 0 Å². The van der Waals surface area contributed by atoms with Gasteiger partial charge in [0, 0.05) is 10.8 Å². The Morgan fingerprint density at radius 1 is 0.600 bits per heavy atom. The van der Waals surface area contributed by atoms with Crippen LogP contribution in [0.5, 0.6) is 11.5 Å². The van der Waals surface area contributed by atoms with Crippen LogP contribution in [-0.2, 0) is 9.47 Å². The van der Waals surface area contributed by atoms with Gasteiger partial charge < -0.3 is 49.6 Å². The fourth-order valence-corrected chi connectivity index (χ4v) is 3.47. The Morgan fingerprint density at radius 3 is 1.40 bits per heavy atom. The summed E-state index contributed by atoms with van der Waals surface area (Å²) in [5.41, 5.74) is 0. The molecule has 2 fully saturated rings. The maximum absolute atomic E-state index is 10.1. The minimum atomic E-state index is -1.44. The lowest BCUT2D eigenvalue weighted by Gasteiger charge is -2.35. The first-order valence-corrected chi connectivity index (χ1v) is 9.53. The van der Waals surface area contributed by atoms with E-state index < -0.39 is 49.2 Å². The highest BCUT2D eigenvalue weighted by Gasteiger charge is 2.40. The molecule has 0 aliphatic carbocycles. The third kappa shape index (κ3) is 3.96. The van der Waals surface area contributed by atoms with E-state index in [2.05, 4.69) is 0 Å². The Hall–Kier alpha value is -2.02. The standard InChI is InChI=1S/C20H24O10/c21-11-7-27-19(17(25)15(11)23)29-13-5-1-3-9-10(13)4-2-6-14(9)30-20-18(26)16(24)12(22)8-28-20/h1-6,11-12,15-26H,7-8H2/t11-,12-,15+,16+,17-,18-,19+,20+/m1/s1. The summed E-state index contributed by atoms with van der Waals surface area (Å²) in [5, 5.41) is 60.3. The summed E-state index contributed by atoms with van der Waals surface area (Å²) < 4.78 is 22.1. The first kappa shape index (κ1) is 21.2. The van der Waals surface area contributed by atoms with E-state index in [-0.39, 0.29) is 13.2 Å². The van der Waals surface area contributed by atoms with Crippen LogP contribution in [-0.4, -0.2) is 93.1 Å². The summed E-state index contributed by atoms with van der Waals surface area (Å²) >= 11 is 0. The fraction of sp³-hybridized carbons (Fsp3) is 0.500. The maximum atomic E-state index is 10.1. The van der Waals surface area contributed by atoms with Crippen molar-refractivity contribution in [2.75, 3.05) is 13.2 Å². The molecule has 2 aliphatic heterocycles. The number of aliphatic hydroxyl groups excluding tert-OH is 6. The zero-order chi connectivity index (χ0) is 21.4. The van der Waals surface area contributed by atoms with Gasteiger partial charge in [-0.25, -0.2) is 0 Å². The Kier molecular flexibility index (Phi) is 6.09. The quantitative estimate of drug-likeness (QED) is 0.340. The second-order valence-electron chi connectivity index (χ2n) is 7.34. The van der Waals surface area contributed by atoms with Crippen molar-refractivity contribution in [3.8, 4) is 11.5 Å². The van der Waals surface area contributed by atoms with E-state index in [0.717, 1.165) is 0 Å². The highest BCUT2D eigenvalue weighted by Crippen LogP contribution is 2.35. The molecule has 10 heteroatoms. The zero-order valence-electron chi connectivity index (χ0n) is 15.8. The zero-order valence-corrected chi connectivity index (χ0v) is 15.8. The molecule has 6 N–H and O–H groups in total. The van der Waals surface area contributed by atoms with Gasteiger partial charge >= 0.3 is 0 Å². The Labute approximate surface area is 171 Å². The minimum Gasteiger partial charge on any atom is -0.461 e. The van der Waals surface area contributed by atoms with Gasteiger partial charge in [-0.2, -0.15) is 0 Å². The summed E-state index contributed by atoms with van der Waals surface area (Å²) in [5.74, 6) is 0.678. The van der Waals surface area contributed by atoms with Crippen molar-refractivity contribution >= 4 is 10.8 Å². The van der Waals surface area contributed by atoms with Crippen LogP contribution in [0.25, 0.3) is 10.8 Å². The molecule has 0 radical (unpaired) electrons. The Balaban J connectivity index is 1.58. The van der Waals surface area contributed by atoms with Gasteiger partial charge in [-0.15, -0.1) is 0 Å². The molecular weight excluding hydrogens is 400 g/mol. The molecule has 8 atom stereocenters. The van der Waals surface area contributed by atoms with E-state index in [0.29, 0.717) is 22.3 Å². The van der Waals surface area contributed by atoms with Crippen LogP contribution in [0.1, 0.15) is 0 Å². The van der Waals surface area contributed by atoms with E-state index in [1.54, 1.807) is 36.4 Å². The van der Waals surface area contributed by atoms with Gasteiger partial charge in [0.05, 0.1) is 13.2 Å². The van der Waals surface area contributed by atoms with E-state index in [9.17, 15) is 30.6 Å². The van der Waals surface area contributed by atoms with Gasteiger partial charge in [-0.05, 0) is 12.1 Å². The fourth-order valence-electron chi connectivity index (χ4n) is 3.47. The summed E-state index contributed by atoms with van der Waals surface area (Å²) in [6.07, 6.45) is -10.5. The van der Waals surface area contributed by atoms with Gasteiger partial charge in [0.15, 0.2) is 0 Å². The molecule has 0 saturated carbocycles. The molecule has 2 saturated heterocycles. The largest absolute Gasteiger partial charge is 0.461 e.